The lowest BCUT2D eigenvalue weighted by molar-refractivity contribution is 0.326. The number of hydrogen-bond donors (Lipinski definition) is 2. The first-order chi connectivity index (χ1) is 8.34. The van der Waals surface area contributed by atoms with E-state index in [1.165, 1.54) is 24.8 Å². The minimum atomic E-state index is 0. The zero-order valence-corrected chi connectivity index (χ0v) is 12.8. The van der Waals surface area contributed by atoms with Crippen LogP contribution >= 0.6 is 24.0 Å². The van der Waals surface area contributed by atoms with Crippen molar-refractivity contribution < 1.29 is 0 Å². The summed E-state index contributed by atoms with van der Waals surface area (Å²) in [6, 6.07) is 4.01. The number of aromatic nitrogens is 1. The molecule has 100 valence electrons. The smallest absolute Gasteiger partial charge is 0.188 e. The molecule has 0 saturated heterocycles. The van der Waals surface area contributed by atoms with Gasteiger partial charge in [-0.15, -0.1) is 24.0 Å². The van der Waals surface area contributed by atoms with Crippen molar-refractivity contribution in [3.63, 3.8) is 0 Å². The largest absolute Gasteiger partial charge is 0.370 e. The zero-order valence-electron chi connectivity index (χ0n) is 10.5. The van der Waals surface area contributed by atoms with Gasteiger partial charge in [-0.3, -0.25) is 9.98 Å². The SMILES string of the molecule is I.NC(=NCC1CCC1)NCCc1cccnc1. The van der Waals surface area contributed by atoms with Crippen LogP contribution in [0, 0.1) is 5.92 Å². The second-order valence-corrected chi connectivity index (χ2v) is 4.56. The normalized spacial score (nSPS) is 15.7. The van der Waals surface area contributed by atoms with E-state index in [1.807, 2.05) is 12.3 Å². The summed E-state index contributed by atoms with van der Waals surface area (Å²) in [4.78, 5) is 8.42. The molecule has 1 aliphatic rings. The summed E-state index contributed by atoms with van der Waals surface area (Å²) in [5, 5.41) is 3.13. The number of nitrogens with zero attached hydrogens (tertiary/aromatic N) is 2. The highest BCUT2D eigenvalue weighted by atomic mass is 127. The first-order valence-electron chi connectivity index (χ1n) is 6.27. The van der Waals surface area contributed by atoms with Crippen molar-refractivity contribution in [2.75, 3.05) is 13.1 Å². The lowest BCUT2D eigenvalue weighted by atomic mass is 9.86. The Morgan fingerprint density at radius 1 is 1.50 bits per heavy atom. The summed E-state index contributed by atoms with van der Waals surface area (Å²) in [5.41, 5.74) is 7.00. The molecule has 1 aliphatic carbocycles. The molecule has 1 heterocycles. The second kappa shape index (κ2) is 8.29. The third kappa shape index (κ3) is 5.20. The molecule has 1 fully saturated rings. The monoisotopic (exact) mass is 360 g/mol. The Hall–Kier alpha value is -0.850. The Morgan fingerprint density at radius 3 is 2.94 bits per heavy atom. The predicted molar refractivity (Wildman–Crippen MR) is 85.2 cm³/mol. The summed E-state index contributed by atoms with van der Waals surface area (Å²) in [5.74, 6) is 1.34. The molecule has 2 rings (SSSR count). The van der Waals surface area contributed by atoms with Gasteiger partial charge in [0.2, 0.25) is 0 Å². The maximum Gasteiger partial charge on any atom is 0.188 e. The molecule has 0 atom stereocenters. The minimum absolute atomic E-state index is 0. The third-order valence-electron chi connectivity index (χ3n) is 3.19. The van der Waals surface area contributed by atoms with Crippen LogP contribution in [-0.2, 0) is 6.42 Å². The van der Waals surface area contributed by atoms with Crippen molar-refractivity contribution in [3.05, 3.63) is 30.1 Å². The van der Waals surface area contributed by atoms with E-state index < -0.39 is 0 Å². The van der Waals surface area contributed by atoms with Crippen LogP contribution in [0.2, 0.25) is 0 Å². The number of nitrogens with one attached hydrogen (secondary N) is 1. The second-order valence-electron chi connectivity index (χ2n) is 4.56. The number of hydrogen-bond acceptors (Lipinski definition) is 2. The molecular formula is C13H21IN4. The van der Waals surface area contributed by atoms with Gasteiger partial charge in [-0.1, -0.05) is 12.5 Å². The van der Waals surface area contributed by atoms with E-state index in [2.05, 4.69) is 21.4 Å². The quantitative estimate of drug-likeness (QED) is 0.479. The Balaban J connectivity index is 0.00000162. The Labute approximate surface area is 125 Å². The van der Waals surface area contributed by atoms with E-state index in [0.717, 1.165) is 25.4 Å². The van der Waals surface area contributed by atoms with Gasteiger partial charge in [-0.25, -0.2) is 0 Å². The van der Waals surface area contributed by atoms with Gasteiger partial charge in [0, 0.05) is 25.5 Å². The lowest BCUT2D eigenvalue weighted by Gasteiger charge is -2.23. The van der Waals surface area contributed by atoms with Crippen molar-refractivity contribution >= 4 is 29.9 Å². The van der Waals surface area contributed by atoms with Crippen LogP contribution in [-0.4, -0.2) is 24.0 Å². The van der Waals surface area contributed by atoms with E-state index in [-0.39, 0.29) is 24.0 Å². The fraction of sp³-hybridized carbons (Fsp3) is 0.538. The maximum atomic E-state index is 5.79. The molecule has 0 unspecified atom stereocenters. The van der Waals surface area contributed by atoms with Gasteiger partial charge in [0.25, 0.3) is 0 Å². The van der Waals surface area contributed by atoms with Gasteiger partial charge in [0.1, 0.15) is 0 Å². The van der Waals surface area contributed by atoms with E-state index >= 15 is 0 Å². The highest BCUT2D eigenvalue weighted by Crippen LogP contribution is 2.26. The Bertz CT molecular complexity index is 363. The summed E-state index contributed by atoms with van der Waals surface area (Å²) in [7, 11) is 0. The van der Waals surface area contributed by atoms with E-state index in [0.29, 0.717) is 5.96 Å². The highest BCUT2D eigenvalue weighted by Gasteiger charge is 2.16. The molecule has 3 N–H and O–H groups in total. The average Bonchev–Trinajstić information content (AvgIpc) is 2.28. The van der Waals surface area contributed by atoms with Crippen molar-refractivity contribution in [1.82, 2.24) is 10.3 Å². The van der Waals surface area contributed by atoms with Crippen LogP contribution in [0.5, 0.6) is 0 Å². The molecule has 18 heavy (non-hydrogen) atoms. The molecule has 5 heteroatoms. The standard InChI is InChI=1S/C13H20N4.HI/c14-13(17-10-11-3-1-4-11)16-8-6-12-5-2-7-15-9-12;/h2,5,7,9,11H,1,3-4,6,8,10H2,(H3,14,16,17);1H. The maximum absolute atomic E-state index is 5.79. The molecule has 0 aliphatic heterocycles. The van der Waals surface area contributed by atoms with Gasteiger partial charge in [-0.05, 0) is 36.8 Å². The molecule has 0 aromatic carbocycles. The van der Waals surface area contributed by atoms with Gasteiger partial charge in [0.05, 0.1) is 0 Å². The number of guanidine groups is 1. The van der Waals surface area contributed by atoms with E-state index in [1.54, 1.807) is 6.20 Å². The fourth-order valence-corrected chi connectivity index (χ4v) is 1.84. The molecule has 0 bridgehead atoms. The number of halogens is 1. The molecule has 0 amide bonds. The van der Waals surface area contributed by atoms with Crippen LogP contribution in [0.25, 0.3) is 0 Å². The van der Waals surface area contributed by atoms with E-state index in [4.69, 9.17) is 5.73 Å². The third-order valence-corrected chi connectivity index (χ3v) is 3.19. The lowest BCUT2D eigenvalue weighted by Crippen LogP contribution is -2.34. The van der Waals surface area contributed by atoms with Crippen molar-refractivity contribution in [2.24, 2.45) is 16.6 Å². The predicted octanol–water partition coefficient (Wildman–Crippen LogP) is 1.95. The fourth-order valence-electron chi connectivity index (χ4n) is 1.84. The summed E-state index contributed by atoms with van der Waals surface area (Å²) < 4.78 is 0. The Kier molecular flexibility index (Phi) is 7.00. The van der Waals surface area contributed by atoms with Crippen LogP contribution in [0.1, 0.15) is 24.8 Å². The molecular weight excluding hydrogens is 339 g/mol. The van der Waals surface area contributed by atoms with Crippen molar-refractivity contribution in [3.8, 4) is 0 Å². The van der Waals surface area contributed by atoms with Crippen LogP contribution in [0.15, 0.2) is 29.5 Å². The van der Waals surface area contributed by atoms with Crippen molar-refractivity contribution in [2.45, 2.75) is 25.7 Å². The summed E-state index contributed by atoms with van der Waals surface area (Å²) in [6.07, 6.45) is 8.57. The van der Waals surface area contributed by atoms with E-state index in [9.17, 15) is 0 Å². The summed E-state index contributed by atoms with van der Waals surface area (Å²) in [6.45, 7) is 1.69. The number of nitrogens with two attached hydrogens (primary N) is 1. The number of aliphatic imine (C=N–C) groups is 1. The molecule has 0 spiro atoms. The first-order valence-corrected chi connectivity index (χ1v) is 6.27. The highest BCUT2D eigenvalue weighted by molar-refractivity contribution is 14.0. The topological polar surface area (TPSA) is 63.3 Å². The van der Waals surface area contributed by atoms with Gasteiger partial charge in [-0.2, -0.15) is 0 Å². The molecule has 0 radical (unpaired) electrons. The number of pyridine rings is 1. The zero-order chi connectivity index (χ0) is 11.9. The van der Waals surface area contributed by atoms with Gasteiger partial charge in [0.15, 0.2) is 5.96 Å². The van der Waals surface area contributed by atoms with Crippen molar-refractivity contribution in [1.29, 1.82) is 0 Å². The van der Waals surface area contributed by atoms with Gasteiger partial charge < -0.3 is 11.1 Å². The van der Waals surface area contributed by atoms with Gasteiger partial charge >= 0.3 is 0 Å². The Morgan fingerprint density at radius 2 is 2.33 bits per heavy atom. The minimum Gasteiger partial charge on any atom is -0.370 e. The molecule has 4 nitrogen and oxygen atoms in total. The van der Waals surface area contributed by atoms with Crippen LogP contribution < -0.4 is 11.1 Å². The van der Waals surface area contributed by atoms with Crippen LogP contribution in [0.4, 0.5) is 0 Å². The molecule has 1 saturated carbocycles. The average molecular weight is 360 g/mol. The van der Waals surface area contributed by atoms with Crippen LogP contribution in [0.3, 0.4) is 0 Å². The summed E-state index contributed by atoms with van der Waals surface area (Å²) >= 11 is 0. The number of rotatable bonds is 5. The molecule has 1 aromatic heterocycles. The molecule has 1 aromatic rings. The first kappa shape index (κ1) is 15.2.